The molecular weight excluding hydrogens is 584 g/mol. The lowest BCUT2D eigenvalue weighted by Crippen LogP contribution is -2.44. The normalized spacial score (nSPS) is 11.7. The molecule has 12 N–H and O–H groups in total. The van der Waals surface area contributed by atoms with E-state index < -0.39 is 18.0 Å². The third-order valence-corrected chi connectivity index (χ3v) is 7.66. The quantitative estimate of drug-likeness (QED) is 0.0396. The van der Waals surface area contributed by atoms with Crippen molar-refractivity contribution in [3.05, 3.63) is 0 Å². The number of nitrogens with zero attached hydrogens (tertiary/aromatic N) is 7. The van der Waals surface area contributed by atoms with E-state index >= 15 is 0 Å². The van der Waals surface area contributed by atoms with E-state index in [1.165, 1.54) is 0 Å². The number of hydrogen-bond donors (Lipinski definition) is 11. The predicted molar refractivity (Wildman–Crippen MR) is 172 cm³/mol. The fraction of sp³-hybridized carbons (Fsp3) is 0.680. The third-order valence-electron chi connectivity index (χ3n) is 7.66. The number of aromatic amines is 1. The van der Waals surface area contributed by atoms with Crippen LogP contribution in [0.25, 0.3) is 0 Å². The molecule has 3 amide bonds. The van der Waals surface area contributed by atoms with Gasteiger partial charge in [0.05, 0.1) is 0 Å². The van der Waals surface area contributed by atoms with Gasteiger partial charge in [-0.25, -0.2) is 20.7 Å². The number of aromatic nitrogens is 6. The Morgan fingerprint density at radius 1 is 0.911 bits per heavy atom. The number of nitrogen functional groups attached to an aromatic ring is 1. The molecule has 0 spiro atoms. The molecule has 0 saturated carbocycles. The van der Waals surface area contributed by atoms with Crippen molar-refractivity contribution in [3.8, 4) is 0 Å². The van der Waals surface area contributed by atoms with E-state index in [0.717, 1.165) is 49.6 Å². The molecule has 0 fully saturated rings. The number of H-pyrrole nitrogens is 1. The van der Waals surface area contributed by atoms with Gasteiger partial charge in [0.15, 0.2) is 0 Å². The Hall–Kier alpha value is -4.88. The van der Waals surface area contributed by atoms with Crippen molar-refractivity contribution < 1.29 is 9.59 Å². The van der Waals surface area contributed by atoms with Gasteiger partial charge in [-0.15, -0.1) is 20.4 Å². The zero-order valence-electron chi connectivity index (χ0n) is 26.9. The molecular formula is C25H48N18O2. The molecule has 2 aromatic rings. The second-order valence-corrected chi connectivity index (χ2v) is 10.8. The number of carbonyl (C=O) groups excluding carboxylic acids is 2. The second-order valence-electron chi connectivity index (χ2n) is 10.8. The molecule has 0 aliphatic heterocycles. The number of unbranched alkanes of at least 4 members (excludes halogenated alkanes) is 2. The van der Waals surface area contributed by atoms with Crippen LogP contribution < -0.4 is 43.4 Å². The smallest absolute Gasteiger partial charge is 0.333 e. The highest BCUT2D eigenvalue weighted by Gasteiger charge is 2.28. The molecule has 0 unspecified atom stereocenters. The standard InChI is InChI=1S/C25H48N18O2/c1-7-24(5,8-2)16(44)29-14-12-11-13-15-30-23(45)40-38-21-33-20(36-37-21)31-17(26)34-35-19(28)43-18(27)32-22(41-43)39-42-25(6,9-3)10-4/h28,42H,7-15H2,1-6H3,(H,29,44)(H2,30,40,45)(H3,27,32,39,41)(H4,26,31,33,36,37,38)/b28-19?,35-34-. The average Bonchev–Trinajstić information content (AvgIpc) is 3.65. The summed E-state index contributed by atoms with van der Waals surface area (Å²) in [7, 11) is 0. The van der Waals surface area contributed by atoms with Gasteiger partial charge in [-0.2, -0.15) is 14.6 Å². The fourth-order valence-electron chi connectivity index (χ4n) is 3.59. The summed E-state index contributed by atoms with van der Waals surface area (Å²) < 4.78 is 0.957. The molecule has 45 heavy (non-hydrogen) atoms. The predicted octanol–water partition coefficient (Wildman–Crippen LogP) is 2.49. The van der Waals surface area contributed by atoms with E-state index in [4.69, 9.17) is 16.6 Å². The van der Waals surface area contributed by atoms with E-state index in [9.17, 15) is 9.59 Å². The highest BCUT2D eigenvalue weighted by Crippen LogP contribution is 2.25. The summed E-state index contributed by atoms with van der Waals surface area (Å²) >= 11 is 0. The number of hydrazine groups is 2. The highest BCUT2D eigenvalue weighted by atomic mass is 16.2. The fourth-order valence-corrected chi connectivity index (χ4v) is 3.59. The number of carbonyl (C=O) groups is 2. The first kappa shape index (κ1) is 36.3. The molecule has 0 saturated heterocycles. The molecule has 250 valence electrons. The number of nitrogens with two attached hydrogens (primary N) is 1. The Labute approximate surface area is 262 Å². The SMILES string of the molecule is CCC(C)(CC)NNc1nc(N)n(C(=N)/N=N\C(=N)Nc2nc(NNC(=O)NCCCCCNC(=O)C(C)(CC)CC)n[nH]2)n1. The van der Waals surface area contributed by atoms with Crippen LogP contribution in [0, 0.1) is 16.2 Å². The van der Waals surface area contributed by atoms with Gasteiger partial charge < -0.3 is 16.4 Å². The molecule has 0 bridgehead atoms. The van der Waals surface area contributed by atoms with Crippen LogP contribution in [0.4, 0.5) is 28.6 Å². The Kier molecular flexibility index (Phi) is 14.1. The maximum Gasteiger partial charge on any atom is 0.333 e. The summed E-state index contributed by atoms with van der Waals surface area (Å²) in [5, 5.41) is 41.9. The summed E-state index contributed by atoms with van der Waals surface area (Å²) in [6.45, 7) is 13.2. The first-order valence-electron chi connectivity index (χ1n) is 15.0. The molecule has 0 aromatic carbocycles. The average molecular weight is 633 g/mol. The monoisotopic (exact) mass is 632 g/mol. The van der Waals surface area contributed by atoms with Gasteiger partial charge in [0.1, 0.15) is 0 Å². The van der Waals surface area contributed by atoms with Crippen molar-refractivity contribution in [2.24, 2.45) is 15.6 Å². The van der Waals surface area contributed by atoms with Crippen molar-refractivity contribution in [3.63, 3.8) is 0 Å². The van der Waals surface area contributed by atoms with Crippen LogP contribution in [-0.2, 0) is 4.79 Å². The summed E-state index contributed by atoms with van der Waals surface area (Å²) in [6.07, 6.45) is 5.75. The molecule has 20 nitrogen and oxygen atoms in total. The van der Waals surface area contributed by atoms with E-state index in [-0.39, 0.29) is 40.7 Å². The number of azo groups is 1. The van der Waals surface area contributed by atoms with Gasteiger partial charge in [-0.3, -0.25) is 31.8 Å². The number of nitrogens with one attached hydrogen (secondary N) is 10. The molecule has 2 rings (SSSR count). The summed E-state index contributed by atoms with van der Waals surface area (Å²) in [4.78, 5) is 32.4. The molecule has 0 aliphatic carbocycles. The number of rotatable bonds is 17. The van der Waals surface area contributed by atoms with Gasteiger partial charge in [0.2, 0.25) is 23.8 Å². The Morgan fingerprint density at radius 2 is 1.58 bits per heavy atom. The maximum atomic E-state index is 12.3. The van der Waals surface area contributed by atoms with Crippen LogP contribution in [0.2, 0.25) is 0 Å². The van der Waals surface area contributed by atoms with Gasteiger partial charge in [-0.1, -0.05) is 34.6 Å². The van der Waals surface area contributed by atoms with Crippen molar-refractivity contribution in [2.75, 3.05) is 35.0 Å². The first-order valence-corrected chi connectivity index (χ1v) is 15.0. The minimum Gasteiger partial charge on any atom is -0.368 e. The van der Waals surface area contributed by atoms with Gasteiger partial charge in [0, 0.05) is 24.0 Å². The first-order chi connectivity index (χ1) is 21.4. The van der Waals surface area contributed by atoms with Crippen molar-refractivity contribution in [2.45, 2.75) is 92.0 Å². The van der Waals surface area contributed by atoms with E-state index in [0.29, 0.717) is 13.1 Å². The topological polar surface area (TPSA) is 289 Å². The lowest BCUT2D eigenvalue weighted by Gasteiger charge is -2.27. The summed E-state index contributed by atoms with van der Waals surface area (Å²) in [5.74, 6) is -0.723. The zero-order chi connectivity index (χ0) is 33.5. The lowest BCUT2D eigenvalue weighted by atomic mass is 9.84. The van der Waals surface area contributed by atoms with Crippen LogP contribution in [-0.4, -0.2) is 72.4 Å². The maximum absolute atomic E-state index is 12.3. The van der Waals surface area contributed by atoms with E-state index in [2.05, 4.69) is 87.0 Å². The van der Waals surface area contributed by atoms with Crippen LogP contribution >= 0.6 is 0 Å². The lowest BCUT2D eigenvalue weighted by molar-refractivity contribution is -0.130. The van der Waals surface area contributed by atoms with Gasteiger partial charge >= 0.3 is 6.03 Å². The van der Waals surface area contributed by atoms with Crippen molar-refractivity contribution in [1.29, 1.82) is 10.8 Å². The third kappa shape index (κ3) is 11.6. The minimum atomic E-state index is -0.476. The Balaban J connectivity index is 1.68. The number of urea groups is 1. The van der Waals surface area contributed by atoms with Crippen LogP contribution in [0.15, 0.2) is 10.2 Å². The van der Waals surface area contributed by atoms with E-state index in [1.807, 2.05) is 27.7 Å². The highest BCUT2D eigenvalue weighted by molar-refractivity contribution is 5.91. The molecule has 2 aromatic heterocycles. The molecule has 2 heterocycles. The van der Waals surface area contributed by atoms with E-state index in [1.54, 1.807) is 0 Å². The number of amides is 3. The Bertz CT molecular complexity index is 1290. The minimum absolute atomic E-state index is 0.0262. The number of guanidine groups is 1. The van der Waals surface area contributed by atoms with Gasteiger partial charge in [0.25, 0.3) is 17.9 Å². The van der Waals surface area contributed by atoms with Crippen LogP contribution in [0.3, 0.4) is 0 Å². The molecule has 0 aliphatic rings. The molecule has 0 radical (unpaired) electrons. The van der Waals surface area contributed by atoms with Crippen molar-refractivity contribution >= 4 is 47.7 Å². The second kappa shape index (κ2) is 17.4. The van der Waals surface area contributed by atoms with Crippen LogP contribution in [0.5, 0.6) is 0 Å². The largest absolute Gasteiger partial charge is 0.368 e. The zero-order valence-corrected chi connectivity index (χ0v) is 26.9. The molecule has 0 atom stereocenters. The Morgan fingerprint density at radius 3 is 2.22 bits per heavy atom. The summed E-state index contributed by atoms with van der Waals surface area (Å²) in [5.41, 5.74) is 16.3. The molecule has 20 heteroatoms. The number of hydrogen-bond acceptors (Lipinski definition) is 12. The summed E-state index contributed by atoms with van der Waals surface area (Å²) in [6, 6.07) is -0.476. The van der Waals surface area contributed by atoms with Crippen molar-refractivity contribution in [1.82, 2.24) is 51.4 Å². The number of anilines is 4. The van der Waals surface area contributed by atoms with Crippen LogP contribution in [0.1, 0.15) is 86.5 Å². The van der Waals surface area contributed by atoms with Gasteiger partial charge in [-0.05, 0) is 51.9 Å².